The second-order valence-corrected chi connectivity index (χ2v) is 11.3. The van der Waals surface area contributed by atoms with Gasteiger partial charge in [0.15, 0.2) is 5.17 Å². The SMILES string of the molecule is CCc1ccc(S(=O)(=O)N=C2SC(CC(=O)Nc3ccccc3)C(=O)N2C2CCCCC2)cc1. The molecule has 9 heteroatoms. The Bertz CT molecular complexity index is 1160. The van der Waals surface area contributed by atoms with Crippen molar-refractivity contribution in [2.24, 2.45) is 4.40 Å². The summed E-state index contributed by atoms with van der Waals surface area (Å²) in [5.41, 5.74) is 1.68. The Morgan fingerprint density at radius 2 is 1.74 bits per heavy atom. The molecule has 0 bridgehead atoms. The van der Waals surface area contributed by atoms with Crippen LogP contribution in [0.25, 0.3) is 0 Å². The van der Waals surface area contributed by atoms with Gasteiger partial charge in [-0.05, 0) is 49.1 Å². The highest BCUT2D eigenvalue weighted by Gasteiger charge is 2.43. The van der Waals surface area contributed by atoms with Crippen molar-refractivity contribution in [3.8, 4) is 0 Å². The van der Waals surface area contributed by atoms with E-state index in [0.717, 1.165) is 55.9 Å². The molecule has 180 valence electrons. The number of benzene rings is 2. The van der Waals surface area contributed by atoms with Gasteiger partial charge in [-0.1, -0.05) is 68.3 Å². The lowest BCUT2D eigenvalue weighted by Crippen LogP contribution is -2.42. The molecule has 7 nitrogen and oxygen atoms in total. The Hall–Kier alpha value is -2.65. The number of para-hydroxylation sites is 1. The Morgan fingerprint density at radius 3 is 2.38 bits per heavy atom. The molecule has 0 radical (unpaired) electrons. The number of nitrogens with zero attached hydrogens (tertiary/aromatic N) is 2. The van der Waals surface area contributed by atoms with Crippen LogP contribution in [0.4, 0.5) is 5.69 Å². The van der Waals surface area contributed by atoms with E-state index in [2.05, 4.69) is 9.71 Å². The second kappa shape index (κ2) is 10.7. The molecule has 1 heterocycles. The van der Waals surface area contributed by atoms with Gasteiger partial charge in [0.2, 0.25) is 11.8 Å². The number of hydrogen-bond donors (Lipinski definition) is 1. The number of carbonyl (C=O) groups excluding carboxylic acids is 2. The first-order valence-corrected chi connectivity index (χ1v) is 14.0. The lowest BCUT2D eigenvalue weighted by molar-refractivity contribution is -0.130. The molecule has 1 N–H and O–H groups in total. The molecule has 4 rings (SSSR count). The molecular weight excluding hydrogens is 470 g/mol. The van der Waals surface area contributed by atoms with Crippen LogP contribution in [0, 0.1) is 0 Å². The molecule has 2 aromatic rings. The van der Waals surface area contributed by atoms with Gasteiger partial charge in [0.1, 0.15) is 5.25 Å². The first-order valence-electron chi connectivity index (χ1n) is 11.7. The van der Waals surface area contributed by atoms with Crippen molar-refractivity contribution in [2.45, 2.75) is 68.1 Å². The number of nitrogens with one attached hydrogen (secondary N) is 1. The average Bonchev–Trinajstić information content (AvgIpc) is 3.13. The number of thioether (sulfide) groups is 1. The predicted octanol–water partition coefficient (Wildman–Crippen LogP) is 4.60. The van der Waals surface area contributed by atoms with E-state index in [1.54, 1.807) is 41.3 Å². The Balaban J connectivity index is 1.58. The number of aryl methyl sites for hydroxylation is 1. The predicted molar refractivity (Wildman–Crippen MR) is 135 cm³/mol. The van der Waals surface area contributed by atoms with Gasteiger partial charge in [-0.2, -0.15) is 8.42 Å². The van der Waals surface area contributed by atoms with Crippen molar-refractivity contribution in [3.05, 3.63) is 60.2 Å². The summed E-state index contributed by atoms with van der Waals surface area (Å²) in [6, 6.07) is 15.6. The summed E-state index contributed by atoms with van der Waals surface area (Å²) in [7, 11) is -3.99. The number of amidine groups is 1. The van der Waals surface area contributed by atoms with Gasteiger partial charge in [0.05, 0.1) is 4.90 Å². The van der Waals surface area contributed by atoms with Crippen LogP contribution in [0.5, 0.6) is 0 Å². The van der Waals surface area contributed by atoms with E-state index >= 15 is 0 Å². The molecule has 0 aromatic heterocycles. The molecule has 0 spiro atoms. The molecule has 1 unspecified atom stereocenters. The number of hydrogen-bond acceptors (Lipinski definition) is 5. The molecular formula is C25H29N3O4S2. The fourth-order valence-corrected chi connectivity index (χ4v) is 6.71. The molecule has 1 saturated heterocycles. The fraction of sp³-hybridized carbons (Fsp3) is 0.400. The zero-order valence-electron chi connectivity index (χ0n) is 19.1. The normalized spacial score (nSPS) is 20.6. The minimum absolute atomic E-state index is 0.0497. The smallest absolute Gasteiger partial charge is 0.284 e. The standard InChI is InChI=1S/C25H29N3O4S2/c1-2-18-13-15-21(16-14-18)34(31,32)27-25-28(20-11-7-4-8-12-20)24(30)22(33-25)17-23(29)26-19-9-5-3-6-10-19/h3,5-6,9-10,13-16,20,22H,2,4,7-8,11-12,17H2,1H3,(H,26,29). The third-order valence-corrected chi connectivity index (χ3v) is 8.71. The van der Waals surface area contributed by atoms with E-state index in [0.29, 0.717) is 5.69 Å². The van der Waals surface area contributed by atoms with Crippen molar-refractivity contribution in [1.82, 2.24) is 4.90 Å². The maximum Gasteiger partial charge on any atom is 0.284 e. The minimum Gasteiger partial charge on any atom is -0.326 e. The number of carbonyl (C=O) groups is 2. The highest BCUT2D eigenvalue weighted by atomic mass is 32.2. The first kappa shape index (κ1) is 24.5. The van der Waals surface area contributed by atoms with Crippen LogP contribution in [0.3, 0.4) is 0 Å². The largest absolute Gasteiger partial charge is 0.326 e. The Labute approximate surface area is 205 Å². The molecule has 2 amide bonds. The van der Waals surface area contributed by atoms with Crippen LogP contribution in [0.1, 0.15) is 51.0 Å². The van der Waals surface area contributed by atoms with Gasteiger partial charge in [-0.15, -0.1) is 4.40 Å². The third kappa shape index (κ3) is 5.70. The zero-order valence-corrected chi connectivity index (χ0v) is 20.8. The van der Waals surface area contributed by atoms with Crippen molar-refractivity contribution in [1.29, 1.82) is 0 Å². The number of amides is 2. The number of sulfonamides is 1. The average molecular weight is 500 g/mol. The highest BCUT2D eigenvalue weighted by molar-refractivity contribution is 8.16. The summed E-state index contributed by atoms with van der Waals surface area (Å²) in [6.45, 7) is 2.00. The maximum absolute atomic E-state index is 13.4. The van der Waals surface area contributed by atoms with Crippen LogP contribution in [-0.4, -0.2) is 41.6 Å². The third-order valence-electron chi connectivity index (χ3n) is 6.16. The number of rotatable bonds is 7. The van der Waals surface area contributed by atoms with Crippen LogP contribution in [0.15, 0.2) is 63.9 Å². The molecule has 2 fully saturated rings. The maximum atomic E-state index is 13.4. The van der Waals surface area contributed by atoms with E-state index in [4.69, 9.17) is 0 Å². The van der Waals surface area contributed by atoms with Crippen molar-refractivity contribution in [2.75, 3.05) is 5.32 Å². The summed E-state index contributed by atoms with van der Waals surface area (Å²) in [5.74, 6) is -0.532. The van der Waals surface area contributed by atoms with Crippen LogP contribution >= 0.6 is 11.8 Å². The summed E-state index contributed by atoms with van der Waals surface area (Å²) in [4.78, 5) is 27.6. The van der Waals surface area contributed by atoms with Crippen molar-refractivity contribution < 1.29 is 18.0 Å². The van der Waals surface area contributed by atoms with E-state index in [9.17, 15) is 18.0 Å². The quantitative estimate of drug-likeness (QED) is 0.601. The zero-order chi connectivity index (χ0) is 24.1. The van der Waals surface area contributed by atoms with Gasteiger partial charge in [0.25, 0.3) is 10.0 Å². The highest BCUT2D eigenvalue weighted by Crippen LogP contribution is 2.36. The van der Waals surface area contributed by atoms with E-state index in [1.807, 2.05) is 25.1 Å². The molecule has 1 saturated carbocycles. The van der Waals surface area contributed by atoms with Gasteiger partial charge in [-0.3, -0.25) is 14.5 Å². The summed E-state index contributed by atoms with van der Waals surface area (Å²) < 4.78 is 30.3. The van der Waals surface area contributed by atoms with E-state index in [1.165, 1.54) is 0 Å². The Morgan fingerprint density at radius 1 is 1.06 bits per heavy atom. The second-order valence-electron chi connectivity index (χ2n) is 8.57. The van der Waals surface area contributed by atoms with E-state index in [-0.39, 0.29) is 34.3 Å². The summed E-state index contributed by atoms with van der Waals surface area (Å²) in [6.07, 6.45) is 5.43. The van der Waals surface area contributed by atoms with Gasteiger partial charge in [-0.25, -0.2) is 0 Å². The summed E-state index contributed by atoms with van der Waals surface area (Å²) >= 11 is 1.07. The lowest BCUT2D eigenvalue weighted by atomic mass is 9.94. The molecule has 2 aliphatic rings. The molecule has 1 atom stereocenters. The van der Waals surface area contributed by atoms with Gasteiger partial charge < -0.3 is 5.32 Å². The van der Waals surface area contributed by atoms with Gasteiger partial charge in [0, 0.05) is 18.2 Å². The molecule has 1 aliphatic carbocycles. The first-order chi connectivity index (χ1) is 16.4. The van der Waals surface area contributed by atoms with Gasteiger partial charge >= 0.3 is 0 Å². The van der Waals surface area contributed by atoms with Crippen molar-refractivity contribution in [3.63, 3.8) is 0 Å². The fourth-order valence-electron chi connectivity index (χ4n) is 4.31. The number of anilines is 1. The molecule has 2 aromatic carbocycles. The van der Waals surface area contributed by atoms with Crippen LogP contribution in [0.2, 0.25) is 0 Å². The Kier molecular flexibility index (Phi) is 7.73. The summed E-state index contributed by atoms with van der Waals surface area (Å²) in [5, 5.41) is 2.27. The molecule has 1 aliphatic heterocycles. The van der Waals surface area contributed by atoms with Crippen molar-refractivity contribution >= 4 is 44.5 Å². The monoisotopic (exact) mass is 499 g/mol. The van der Waals surface area contributed by atoms with Crippen LogP contribution in [-0.2, 0) is 26.0 Å². The lowest BCUT2D eigenvalue weighted by Gasteiger charge is -2.30. The minimum atomic E-state index is -3.99. The molecule has 34 heavy (non-hydrogen) atoms. The topological polar surface area (TPSA) is 95.9 Å². The van der Waals surface area contributed by atoms with E-state index < -0.39 is 15.3 Å². The van der Waals surface area contributed by atoms with Crippen LogP contribution < -0.4 is 5.32 Å².